The Kier molecular flexibility index (Phi) is 6.58. The van der Waals surface area contributed by atoms with Gasteiger partial charge in [-0.2, -0.15) is 0 Å². The van der Waals surface area contributed by atoms with E-state index in [4.69, 9.17) is 9.42 Å². The van der Waals surface area contributed by atoms with Crippen LogP contribution >= 0.6 is 7.60 Å². The highest BCUT2D eigenvalue weighted by Gasteiger charge is 2.15. The van der Waals surface area contributed by atoms with E-state index in [9.17, 15) is 4.57 Å². The van der Waals surface area contributed by atoms with Crippen LogP contribution in [0.25, 0.3) is 0 Å². The highest BCUT2D eigenvalue weighted by atomic mass is 31.2. The van der Waals surface area contributed by atoms with E-state index in [-0.39, 0.29) is 12.6 Å². The van der Waals surface area contributed by atoms with Crippen molar-refractivity contribution in [3.63, 3.8) is 0 Å². The molecule has 1 aromatic carbocycles. The van der Waals surface area contributed by atoms with E-state index in [0.717, 1.165) is 19.4 Å². The summed E-state index contributed by atoms with van der Waals surface area (Å²) in [4.78, 5) is 9.16. The van der Waals surface area contributed by atoms with Crippen LogP contribution in [0.3, 0.4) is 0 Å². The largest absolute Gasteiger partial charge is 0.325 e. The van der Waals surface area contributed by atoms with Crippen LogP contribution in [0.15, 0.2) is 30.3 Å². The van der Waals surface area contributed by atoms with Crippen molar-refractivity contribution in [1.29, 1.82) is 0 Å². The second-order valence-corrected chi connectivity index (χ2v) is 6.30. The highest BCUT2D eigenvalue weighted by Crippen LogP contribution is 2.36. The molecule has 1 aromatic rings. The van der Waals surface area contributed by atoms with Crippen LogP contribution in [0.5, 0.6) is 0 Å². The normalized spacial score (nSPS) is 16.2. The van der Waals surface area contributed by atoms with Crippen molar-refractivity contribution in [2.24, 2.45) is 0 Å². The van der Waals surface area contributed by atoms with Gasteiger partial charge in [-0.25, -0.2) is 0 Å². The van der Waals surface area contributed by atoms with Crippen molar-refractivity contribution in [2.45, 2.75) is 25.8 Å². The van der Waals surface area contributed by atoms with Gasteiger partial charge in [-0.3, -0.25) is 4.57 Å². The first-order chi connectivity index (χ1) is 8.51. The van der Waals surface area contributed by atoms with Crippen LogP contribution in [-0.4, -0.2) is 30.8 Å². The van der Waals surface area contributed by atoms with Gasteiger partial charge >= 0.3 is 7.60 Å². The lowest BCUT2D eigenvalue weighted by Gasteiger charge is -2.19. The monoisotopic (exact) mass is 271 g/mol. The van der Waals surface area contributed by atoms with Crippen LogP contribution in [0, 0.1) is 0 Å². The quantitative estimate of drug-likeness (QED) is 0.713. The molecule has 0 saturated carbocycles. The van der Waals surface area contributed by atoms with Crippen molar-refractivity contribution in [2.75, 3.05) is 19.8 Å². The fourth-order valence-corrected chi connectivity index (χ4v) is 2.12. The zero-order chi connectivity index (χ0) is 13.4. The van der Waals surface area contributed by atoms with Crippen LogP contribution in [0.1, 0.15) is 18.9 Å². The van der Waals surface area contributed by atoms with Crippen LogP contribution in [0.2, 0.25) is 0 Å². The Bertz CT molecular complexity index is 377. The van der Waals surface area contributed by atoms with E-state index >= 15 is 0 Å². The van der Waals surface area contributed by atoms with E-state index in [2.05, 4.69) is 12.2 Å². The first-order valence-electron chi connectivity index (χ1n) is 6.23. The Morgan fingerprint density at radius 2 is 2.06 bits per heavy atom. The van der Waals surface area contributed by atoms with E-state index in [1.807, 2.05) is 30.3 Å². The lowest BCUT2D eigenvalue weighted by atomic mass is 10.1. The number of nitrogens with one attached hydrogen (secondary N) is 1. The molecule has 1 rings (SSSR count). The molecule has 0 aliphatic heterocycles. The fraction of sp³-hybridized carbons (Fsp3) is 0.538. The fourth-order valence-electron chi connectivity index (χ4n) is 1.67. The molecule has 0 amide bonds. The molecule has 18 heavy (non-hydrogen) atoms. The molecule has 2 N–H and O–H groups in total. The predicted molar refractivity (Wildman–Crippen MR) is 73.9 cm³/mol. The molecule has 0 aliphatic carbocycles. The second kappa shape index (κ2) is 7.70. The highest BCUT2D eigenvalue weighted by molar-refractivity contribution is 7.51. The minimum atomic E-state index is -3.40. The summed E-state index contributed by atoms with van der Waals surface area (Å²) in [7, 11) is -3.40. The maximum absolute atomic E-state index is 11.2. The van der Waals surface area contributed by atoms with E-state index < -0.39 is 7.60 Å². The Hall–Kier alpha value is -0.670. The van der Waals surface area contributed by atoms with Gasteiger partial charge in [0, 0.05) is 12.7 Å². The molecule has 0 saturated heterocycles. The standard InChI is InChI=1S/C13H22NO3P/c1-3-9-14-13(11-17-18(2,15)16)10-12-7-5-4-6-8-12/h4-8,13-14H,3,9-11H2,1-2H3,(H,15,16)/t13-/m0/s1. The smallest absolute Gasteiger partial charge is 0.324 e. The zero-order valence-electron chi connectivity index (χ0n) is 11.0. The van der Waals surface area contributed by atoms with Gasteiger partial charge < -0.3 is 14.7 Å². The molecular formula is C13H22NO3P. The lowest BCUT2D eigenvalue weighted by molar-refractivity contribution is 0.230. The molecule has 0 radical (unpaired) electrons. The first kappa shape index (κ1) is 15.4. The maximum atomic E-state index is 11.2. The molecule has 0 fully saturated rings. The Morgan fingerprint density at radius 1 is 1.39 bits per heavy atom. The summed E-state index contributed by atoms with van der Waals surface area (Å²) in [5.41, 5.74) is 1.19. The molecule has 1 unspecified atom stereocenters. The summed E-state index contributed by atoms with van der Waals surface area (Å²) in [6.07, 6.45) is 1.81. The summed E-state index contributed by atoms with van der Waals surface area (Å²) in [5.74, 6) is 0. The number of benzene rings is 1. The summed E-state index contributed by atoms with van der Waals surface area (Å²) in [5, 5.41) is 3.33. The third-order valence-corrected chi connectivity index (χ3v) is 3.15. The molecule has 5 heteroatoms. The van der Waals surface area contributed by atoms with Gasteiger partial charge in [0.1, 0.15) is 0 Å². The lowest BCUT2D eigenvalue weighted by Crippen LogP contribution is -2.35. The van der Waals surface area contributed by atoms with Gasteiger partial charge in [0.2, 0.25) is 0 Å². The summed E-state index contributed by atoms with van der Waals surface area (Å²) in [6.45, 7) is 4.43. The predicted octanol–water partition coefficient (Wildman–Crippen LogP) is 2.43. The molecule has 2 atom stereocenters. The molecular weight excluding hydrogens is 249 g/mol. The van der Waals surface area contributed by atoms with Crippen molar-refractivity contribution in [3.8, 4) is 0 Å². The third-order valence-electron chi connectivity index (χ3n) is 2.52. The van der Waals surface area contributed by atoms with Gasteiger partial charge in [0.25, 0.3) is 0 Å². The zero-order valence-corrected chi connectivity index (χ0v) is 11.9. The molecule has 0 aromatic heterocycles. The molecule has 0 spiro atoms. The van der Waals surface area contributed by atoms with Crippen molar-refractivity contribution >= 4 is 7.60 Å². The molecule has 0 heterocycles. The third kappa shape index (κ3) is 6.92. The van der Waals surface area contributed by atoms with Crippen LogP contribution < -0.4 is 5.32 Å². The summed E-state index contributed by atoms with van der Waals surface area (Å²) < 4.78 is 16.2. The SMILES string of the molecule is CCCN[C@H](COP(C)(=O)O)Cc1ccccc1. The molecule has 0 aliphatic rings. The van der Waals surface area contributed by atoms with Gasteiger partial charge in [-0.1, -0.05) is 37.3 Å². The number of hydrogen-bond acceptors (Lipinski definition) is 3. The molecule has 4 nitrogen and oxygen atoms in total. The van der Waals surface area contributed by atoms with Gasteiger partial charge in [0.05, 0.1) is 6.61 Å². The van der Waals surface area contributed by atoms with Gasteiger partial charge in [-0.15, -0.1) is 0 Å². The Morgan fingerprint density at radius 3 is 2.61 bits per heavy atom. The van der Waals surface area contributed by atoms with Crippen molar-refractivity contribution < 1.29 is 14.0 Å². The average molecular weight is 271 g/mol. The van der Waals surface area contributed by atoms with Crippen LogP contribution in [0.4, 0.5) is 0 Å². The minimum Gasteiger partial charge on any atom is -0.324 e. The molecule has 0 bridgehead atoms. The average Bonchev–Trinajstić information content (AvgIpc) is 2.33. The number of rotatable bonds is 8. The Labute approximate surface area is 109 Å². The Balaban J connectivity index is 2.52. The first-order valence-corrected chi connectivity index (χ1v) is 8.26. The summed E-state index contributed by atoms with van der Waals surface area (Å²) in [6, 6.07) is 10.1. The topological polar surface area (TPSA) is 58.6 Å². The summed E-state index contributed by atoms with van der Waals surface area (Å²) >= 11 is 0. The van der Waals surface area contributed by atoms with E-state index in [1.165, 1.54) is 12.2 Å². The maximum Gasteiger partial charge on any atom is 0.325 e. The van der Waals surface area contributed by atoms with Gasteiger partial charge in [0.15, 0.2) is 0 Å². The molecule has 102 valence electrons. The second-order valence-electron chi connectivity index (χ2n) is 4.44. The minimum absolute atomic E-state index is 0.0628. The van der Waals surface area contributed by atoms with Crippen molar-refractivity contribution in [3.05, 3.63) is 35.9 Å². The van der Waals surface area contributed by atoms with E-state index in [1.54, 1.807) is 0 Å². The number of hydrogen-bond donors (Lipinski definition) is 2. The van der Waals surface area contributed by atoms with Crippen molar-refractivity contribution in [1.82, 2.24) is 5.32 Å². The van der Waals surface area contributed by atoms with Crippen LogP contribution in [-0.2, 0) is 15.5 Å². The van der Waals surface area contributed by atoms with E-state index in [0.29, 0.717) is 0 Å². The van der Waals surface area contributed by atoms with Gasteiger partial charge in [-0.05, 0) is 24.9 Å².